The van der Waals surface area contributed by atoms with Gasteiger partial charge in [-0.15, -0.1) is 11.3 Å². The first-order chi connectivity index (χ1) is 22.0. The third-order valence-electron chi connectivity index (χ3n) is 8.41. The van der Waals surface area contributed by atoms with Gasteiger partial charge in [0.15, 0.2) is 17.4 Å². The summed E-state index contributed by atoms with van der Waals surface area (Å²) >= 11 is 1.75. The molecule has 0 saturated carbocycles. The molecule has 13 heteroatoms. The third kappa shape index (κ3) is 6.37. The molecule has 0 radical (unpaired) electrons. The normalized spacial score (nSPS) is 16.4. The van der Waals surface area contributed by atoms with E-state index in [0.29, 0.717) is 38.0 Å². The number of hydrogen-bond acceptors (Lipinski definition) is 10. The van der Waals surface area contributed by atoms with Crippen LogP contribution < -0.4 is 4.90 Å². The summed E-state index contributed by atoms with van der Waals surface area (Å²) in [6, 6.07) is 8.24. The molecule has 0 aliphatic carbocycles. The smallest absolute Gasteiger partial charge is 0.223 e. The van der Waals surface area contributed by atoms with Crippen LogP contribution in [0.15, 0.2) is 48.9 Å². The Hall–Kier alpha value is -4.46. The van der Waals surface area contributed by atoms with Crippen molar-refractivity contribution >= 4 is 56.0 Å². The lowest BCUT2D eigenvalue weighted by atomic mass is 10.1. The number of carbonyl (C=O) groups excluding carboxylic acids is 2. The molecule has 1 N–H and O–H groups in total. The molecular formula is C32H35N9O3S. The van der Waals surface area contributed by atoms with Gasteiger partial charge in [0.05, 0.1) is 35.1 Å². The molecule has 2 aliphatic rings. The van der Waals surface area contributed by atoms with Gasteiger partial charge in [0, 0.05) is 93.9 Å². The van der Waals surface area contributed by atoms with Crippen LogP contribution in [-0.2, 0) is 27.9 Å². The van der Waals surface area contributed by atoms with Gasteiger partial charge in [0.25, 0.3) is 0 Å². The Labute approximate surface area is 264 Å². The van der Waals surface area contributed by atoms with Crippen LogP contribution in [0.25, 0.3) is 38.6 Å². The Bertz CT molecular complexity index is 1860. The highest BCUT2D eigenvalue weighted by Crippen LogP contribution is 2.36. The molecule has 1 aromatic carbocycles. The van der Waals surface area contributed by atoms with Gasteiger partial charge in [-0.25, -0.2) is 15.0 Å². The molecule has 6 heterocycles. The number of imidazole rings is 1. The maximum atomic E-state index is 12.9. The van der Waals surface area contributed by atoms with E-state index in [4.69, 9.17) is 14.7 Å². The summed E-state index contributed by atoms with van der Waals surface area (Å²) in [7, 11) is 1.87. The summed E-state index contributed by atoms with van der Waals surface area (Å²) < 4.78 is 8.56. The minimum atomic E-state index is -0.0705. The van der Waals surface area contributed by atoms with E-state index in [2.05, 4.69) is 31.0 Å². The topological polar surface area (TPSA) is 125 Å². The standard InChI is InChI=1S/C32H35N9O3S/c1-38-10-9-33-28(38)7-5-22(42)6-8-29(43)40-13-11-39(12-14-40)21-23-19-27-30(45-23)32(41-15-17-44-18-16-41)36-31(35-27)24-3-2-4-26-25(24)20-34-37-26/h2-5,7,9-10,19-20H,6,8,11-18,21H2,1H3,(H,34,37). The van der Waals surface area contributed by atoms with Crippen LogP contribution >= 0.6 is 11.3 Å². The highest BCUT2D eigenvalue weighted by Gasteiger charge is 2.24. The summed E-state index contributed by atoms with van der Waals surface area (Å²) in [6.07, 6.45) is 8.96. The fourth-order valence-electron chi connectivity index (χ4n) is 5.87. The number of piperazine rings is 1. The molecule has 232 valence electrons. The van der Waals surface area contributed by atoms with Gasteiger partial charge in [-0.05, 0) is 24.3 Å². The monoisotopic (exact) mass is 625 g/mol. The molecule has 0 atom stereocenters. The van der Waals surface area contributed by atoms with Gasteiger partial charge in [-0.2, -0.15) is 5.10 Å². The second kappa shape index (κ2) is 12.9. The number of hydrogen-bond donors (Lipinski definition) is 1. The third-order valence-corrected chi connectivity index (χ3v) is 9.51. The number of anilines is 1. The maximum absolute atomic E-state index is 12.9. The number of H-pyrrole nitrogens is 1. The number of thiophene rings is 1. The fraction of sp³-hybridized carbons (Fsp3) is 0.375. The van der Waals surface area contributed by atoms with Crippen molar-refractivity contribution < 1.29 is 14.3 Å². The number of benzene rings is 1. The van der Waals surface area contributed by atoms with Crippen LogP contribution in [0.3, 0.4) is 0 Å². The van der Waals surface area contributed by atoms with Crippen molar-refractivity contribution in [2.75, 3.05) is 57.4 Å². The van der Waals surface area contributed by atoms with Crippen molar-refractivity contribution in [2.24, 2.45) is 7.05 Å². The Morgan fingerprint density at radius 2 is 1.91 bits per heavy atom. The summed E-state index contributed by atoms with van der Waals surface area (Å²) in [5.41, 5.74) is 2.85. The Morgan fingerprint density at radius 3 is 2.71 bits per heavy atom. The molecule has 45 heavy (non-hydrogen) atoms. The molecule has 5 aromatic rings. The van der Waals surface area contributed by atoms with Crippen LogP contribution in [0, 0.1) is 0 Å². The van der Waals surface area contributed by atoms with E-state index in [9.17, 15) is 9.59 Å². The molecule has 2 fully saturated rings. The SMILES string of the molecule is Cn1ccnc1C=CC(=O)CCC(=O)N1CCN(Cc2cc3nc(-c4cccc5[nH]ncc45)nc(N4CCOCC4)c3s2)CC1. The van der Waals surface area contributed by atoms with Crippen LogP contribution in [0.2, 0.25) is 0 Å². The number of aromatic amines is 1. The van der Waals surface area contributed by atoms with Gasteiger partial charge in [-0.3, -0.25) is 19.6 Å². The van der Waals surface area contributed by atoms with Crippen molar-refractivity contribution in [3.05, 3.63) is 59.6 Å². The van der Waals surface area contributed by atoms with Crippen molar-refractivity contribution in [1.29, 1.82) is 0 Å². The van der Waals surface area contributed by atoms with Crippen molar-refractivity contribution in [3.63, 3.8) is 0 Å². The minimum Gasteiger partial charge on any atom is -0.378 e. The number of ether oxygens (including phenoxy) is 1. The molecule has 0 spiro atoms. The molecule has 1 amide bonds. The van der Waals surface area contributed by atoms with Crippen LogP contribution in [-0.4, -0.2) is 104 Å². The Morgan fingerprint density at radius 1 is 1.07 bits per heavy atom. The van der Waals surface area contributed by atoms with E-state index in [1.165, 1.54) is 11.0 Å². The summed E-state index contributed by atoms with van der Waals surface area (Å²) in [5.74, 6) is 2.31. The number of fused-ring (bicyclic) bond motifs is 2. The first kappa shape index (κ1) is 29.3. The quantitative estimate of drug-likeness (QED) is 0.245. The molecule has 12 nitrogen and oxygen atoms in total. The molecule has 0 bridgehead atoms. The summed E-state index contributed by atoms with van der Waals surface area (Å²) in [4.78, 5) is 47.3. The lowest BCUT2D eigenvalue weighted by Gasteiger charge is -2.34. The van der Waals surface area contributed by atoms with E-state index in [0.717, 1.165) is 65.2 Å². The second-order valence-electron chi connectivity index (χ2n) is 11.4. The van der Waals surface area contributed by atoms with Gasteiger partial charge < -0.3 is 19.1 Å². The minimum absolute atomic E-state index is 0.0286. The van der Waals surface area contributed by atoms with Crippen LogP contribution in [0.5, 0.6) is 0 Å². The average molecular weight is 626 g/mol. The largest absolute Gasteiger partial charge is 0.378 e. The number of carbonyl (C=O) groups is 2. The zero-order valence-corrected chi connectivity index (χ0v) is 26.0. The number of rotatable bonds is 9. The summed E-state index contributed by atoms with van der Waals surface area (Å²) in [5, 5.41) is 8.27. The number of amides is 1. The predicted octanol–water partition coefficient (Wildman–Crippen LogP) is 3.51. The van der Waals surface area contributed by atoms with E-state index in [-0.39, 0.29) is 24.5 Å². The zero-order valence-electron chi connectivity index (χ0n) is 25.2. The van der Waals surface area contributed by atoms with Crippen molar-refractivity contribution in [1.82, 2.24) is 39.5 Å². The van der Waals surface area contributed by atoms with E-state index < -0.39 is 0 Å². The number of morpholine rings is 1. The van der Waals surface area contributed by atoms with E-state index >= 15 is 0 Å². The highest BCUT2D eigenvalue weighted by atomic mass is 32.1. The number of allylic oxidation sites excluding steroid dienone is 1. The predicted molar refractivity (Wildman–Crippen MR) is 174 cm³/mol. The number of nitrogens with zero attached hydrogens (tertiary/aromatic N) is 8. The van der Waals surface area contributed by atoms with Gasteiger partial charge in [-0.1, -0.05) is 12.1 Å². The first-order valence-electron chi connectivity index (χ1n) is 15.3. The van der Waals surface area contributed by atoms with Crippen molar-refractivity contribution in [2.45, 2.75) is 19.4 Å². The van der Waals surface area contributed by atoms with Crippen molar-refractivity contribution in [3.8, 4) is 11.4 Å². The molecule has 2 aliphatic heterocycles. The molecular weight excluding hydrogens is 590 g/mol. The number of ketones is 1. The molecule has 4 aromatic heterocycles. The molecule has 0 unspecified atom stereocenters. The lowest BCUT2D eigenvalue weighted by molar-refractivity contribution is -0.134. The zero-order chi connectivity index (χ0) is 30.8. The van der Waals surface area contributed by atoms with E-state index in [1.54, 1.807) is 23.6 Å². The second-order valence-corrected chi connectivity index (χ2v) is 12.5. The van der Waals surface area contributed by atoms with Crippen LogP contribution in [0.4, 0.5) is 5.82 Å². The number of aryl methyl sites for hydroxylation is 1. The Kier molecular flexibility index (Phi) is 8.37. The van der Waals surface area contributed by atoms with E-state index in [1.807, 2.05) is 47.1 Å². The lowest BCUT2D eigenvalue weighted by Crippen LogP contribution is -2.48. The summed E-state index contributed by atoms with van der Waals surface area (Å²) in [6.45, 7) is 6.58. The van der Waals surface area contributed by atoms with Gasteiger partial charge in [0.2, 0.25) is 5.91 Å². The number of aromatic nitrogens is 6. The fourth-order valence-corrected chi connectivity index (χ4v) is 7.02. The van der Waals surface area contributed by atoms with Crippen LogP contribution in [0.1, 0.15) is 23.5 Å². The van der Waals surface area contributed by atoms with Gasteiger partial charge >= 0.3 is 0 Å². The molecule has 7 rings (SSSR count). The number of nitrogens with one attached hydrogen (secondary N) is 1. The average Bonchev–Trinajstić information content (AvgIpc) is 3.82. The first-order valence-corrected chi connectivity index (χ1v) is 16.1. The van der Waals surface area contributed by atoms with Gasteiger partial charge in [0.1, 0.15) is 5.82 Å². The molecule has 2 saturated heterocycles. The highest BCUT2D eigenvalue weighted by molar-refractivity contribution is 7.19. The maximum Gasteiger partial charge on any atom is 0.223 e. The Balaban J connectivity index is 1.01.